The summed E-state index contributed by atoms with van der Waals surface area (Å²) in [5.74, 6) is 1.40. The lowest BCUT2D eigenvalue weighted by atomic mass is 10.1. The highest BCUT2D eigenvalue weighted by Gasteiger charge is 2.44. The van der Waals surface area contributed by atoms with Crippen molar-refractivity contribution in [3.63, 3.8) is 0 Å². The second kappa shape index (κ2) is 10.2. The fourth-order valence-corrected chi connectivity index (χ4v) is 5.18. The van der Waals surface area contributed by atoms with Crippen LogP contribution in [0.4, 0.5) is 5.82 Å². The van der Waals surface area contributed by atoms with E-state index in [9.17, 15) is 15.0 Å². The molecule has 0 saturated carbocycles. The van der Waals surface area contributed by atoms with Crippen molar-refractivity contribution in [2.75, 3.05) is 23.8 Å². The third-order valence-electron chi connectivity index (χ3n) is 6.04. The van der Waals surface area contributed by atoms with Gasteiger partial charge in [-0.25, -0.2) is 15.0 Å². The fraction of sp³-hybridized carbons (Fsp3) is 0.333. The largest absolute Gasteiger partial charge is 0.387 e. The van der Waals surface area contributed by atoms with Gasteiger partial charge in [0.25, 0.3) is 5.91 Å². The molecule has 10 nitrogen and oxygen atoms in total. The molecule has 1 aliphatic rings. The number of anilines is 1. The zero-order valence-electron chi connectivity index (χ0n) is 18.8. The number of hydrogen-bond donors (Lipinski definition) is 4. The van der Waals surface area contributed by atoms with Crippen LogP contribution < -0.4 is 11.1 Å². The molecule has 1 aliphatic heterocycles. The van der Waals surface area contributed by atoms with Gasteiger partial charge in [-0.05, 0) is 35.1 Å². The van der Waals surface area contributed by atoms with Crippen LogP contribution in [0.25, 0.3) is 21.9 Å². The van der Waals surface area contributed by atoms with Crippen molar-refractivity contribution in [3.8, 4) is 0 Å². The SMILES string of the molecule is Nc1ncnc2c1ncn2[C@@H]1O[C@H](CSCCCNC(=O)c2ccc3ccccc3c2)[C@@H](O)[C@H]1O. The van der Waals surface area contributed by atoms with Crippen LogP contribution >= 0.6 is 11.8 Å². The van der Waals surface area contributed by atoms with Crippen molar-refractivity contribution >= 4 is 45.4 Å². The zero-order valence-corrected chi connectivity index (χ0v) is 19.6. The molecule has 1 saturated heterocycles. The first-order chi connectivity index (χ1) is 17.0. The van der Waals surface area contributed by atoms with Crippen molar-refractivity contribution in [2.24, 2.45) is 0 Å². The number of nitrogens with two attached hydrogens (primary N) is 1. The van der Waals surface area contributed by atoms with E-state index in [1.54, 1.807) is 16.3 Å². The van der Waals surface area contributed by atoms with Crippen LogP contribution in [0, 0.1) is 0 Å². The lowest BCUT2D eigenvalue weighted by Crippen LogP contribution is -2.32. The van der Waals surface area contributed by atoms with E-state index >= 15 is 0 Å². The number of benzene rings is 2. The number of nitrogens with zero attached hydrogens (tertiary/aromatic N) is 4. The highest BCUT2D eigenvalue weighted by molar-refractivity contribution is 7.99. The van der Waals surface area contributed by atoms with E-state index in [-0.39, 0.29) is 11.7 Å². The third kappa shape index (κ3) is 4.80. The van der Waals surface area contributed by atoms with E-state index in [1.807, 2.05) is 42.5 Å². The lowest BCUT2D eigenvalue weighted by Gasteiger charge is -2.16. The van der Waals surface area contributed by atoms with E-state index < -0.39 is 24.5 Å². The average Bonchev–Trinajstić information content (AvgIpc) is 3.43. The Hall–Kier alpha value is -3.25. The highest BCUT2D eigenvalue weighted by atomic mass is 32.2. The summed E-state index contributed by atoms with van der Waals surface area (Å²) in [5.41, 5.74) is 7.32. The van der Waals surface area contributed by atoms with Crippen LogP contribution in [0.15, 0.2) is 55.1 Å². The number of amides is 1. The number of carbonyl (C=O) groups is 1. The van der Waals surface area contributed by atoms with Gasteiger partial charge in [0.2, 0.25) is 0 Å². The number of aromatic nitrogens is 4. The molecule has 3 heterocycles. The Kier molecular flexibility index (Phi) is 6.82. The molecule has 11 heteroatoms. The number of ether oxygens (including phenoxy) is 1. The van der Waals surface area contributed by atoms with Gasteiger partial charge < -0.3 is 26.0 Å². The Morgan fingerprint density at radius 1 is 1.11 bits per heavy atom. The molecule has 0 spiro atoms. The molecule has 2 aromatic heterocycles. The van der Waals surface area contributed by atoms with Gasteiger partial charge in [0, 0.05) is 17.9 Å². The number of fused-ring (bicyclic) bond motifs is 2. The number of imidazole rings is 1. The molecule has 5 N–H and O–H groups in total. The minimum absolute atomic E-state index is 0.0988. The van der Waals surface area contributed by atoms with E-state index in [0.29, 0.717) is 29.0 Å². The molecule has 0 radical (unpaired) electrons. The van der Waals surface area contributed by atoms with Crippen LogP contribution in [0.2, 0.25) is 0 Å². The highest BCUT2D eigenvalue weighted by Crippen LogP contribution is 2.33. The number of thioether (sulfide) groups is 1. The van der Waals surface area contributed by atoms with Gasteiger partial charge in [-0.1, -0.05) is 30.3 Å². The first-order valence-corrected chi connectivity index (χ1v) is 12.5. The van der Waals surface area contributed by atoms with Crippen LogP contribution in [0.3, 0.4) is 0 Å². The number of nitrogen functional groups attached to an aromatic ring is 1. The van der Waals surface area contributed by atoms with Gasteiger partial charge >= 0.3 is 0 Å². The number of aliphatic hydroxyl groups is 2. The normalized spacial score (nSPS) is 22.1. The van der Waals surface area contributed by atoms with Gasteiger partial charge in [0.1, 0.15) is 24.1 Å². The van der Waals surface area contributed by atoms with Gasteiger partial charge in [-0.15, -0.1) is 0 Å². The van der Waals surface area contributed by atoms with Crippen molar-refractivity contribution in [3.05, 3.63) is 60.7 Å². The van der Waals surface area contributed by atoms with E-state index in [2.05, 4.69) is 20.3 Å². The van der Waals surface area contributed by atoms with Crippen LogP contribution in [0.5, 0.6) is 0 Å². The van der Waals surface area contributed by atoms with Crippen molar-refractivity contribution < 1.29 is 19.7 Å². The average molecular weight is 495 g/mol. The molecular weight excluding hydrogens is 468 g/mol. The van der Waals surface area contributed by atoms with Gasteiger partial charge in [-0.3, -0.25) is 9.36 Å². The zero-order chi connectivity index (χ0) is 24.4. The second-order valence-electron chi connectivity index (χ2n) is 8.38. The number of rotatable bonds is 8. The fourth-order valence-electron chi connectivity index (χ4n) is 4.16. The summed E-state index contributed by atoms with van der Waals surface area (Å²) in [6.07, 6.45) is 0.0115. The minimum Gasteiger partial charge on any atom is -0.387 e. The molecular formula is C24H26N6O4S. The third-order valence-corrected chi connectivity index (χ3v) is 7.18. The van der Waals surface area contributed by atoms with E-state index in [1.165, 1.54) is 12.7 Å². The monoisotopic (exact) mass is 494 g/mol. The van der Waals surface area contributed by atoms with Crippen LogP contribution in [-0.4, -0.2) is 72.0 Å². The van der Waals surface area contributed by atoms with Crippen LogP contribution in [0.1, 0.15) is 23.0 Å². The Labute approximate surface area is 205 Å². The predicted molar refractivity (Wildman–Crippen MR) is 134 cm³/mol. The van der Waals surface area contributed by atoms with Gasteiger partial charge in [-0.2, -0.15) is 11.8 Å². The summed E-state index contributed by atoms with van der Waals surface area (Å²) in [6, 6.07) is 13.6. The lowest BCUT2D eigenvalue weighted by molar-refractivity contribution is -0.0289. The van der Waals surface area contributed by atoms with Crippen molar-refractivity contribution in [1.82, 2.24) is 24.8 Å². The van der Waals surface area contributed by atoms with Gasteiger partial charge in [0.15, 0.2) is 17.7 Å². The maximum Gasteiger partial charge on any atom is 0.251 e. The minimum atomic E-state index is -1.13. The van der Waals surface area contributed by atoms with Crippen LogP contribution in [-0.2, 0) is 4.74 Å². The first-order valence-electron chi connectivity index (χ1n) is 11.3. The summed E-state index contributed by atoms with van der Waals surface area (Å²) in [6.45, 7) is 0.542. The number of aliphatic hydroxyl groups excluding tert-OH is 2. The number of hydrogen-bond acceptors (Lipinski definition) is 9. The molecule has 4 aromatic rings. The summed E-state index contributed by atoms with van der Waals surface area (Å²) in [4.78, 5) is 24.7. The smallest absolute Gasteiger partial charge is 0.251 e. The number of nitrogens with one attached hydrogen (secondary N) is 1. The first kappa shape index (κ1) is 23.5. The Balaban J connectivity index is 1.08. The quantitative estimate of drug-likeness (QED) is 0.269. The molecule has 5 rings (SSSR count). The van der Waals surface area contributed by atoms with E-state index in [0.717, 1.165) is 22.9 Å². The molecule has 182 valence electrons. The molecule has 2 aromatic carbocycles. The summed E-state index contributed by atoms with van der Waals surface area (Å²) >= 11 is 1.59. The van der Waals surface area contributed by atoms with Crippen molar-refractivity contribution in [2.45, 2.75) is 31.0 Å². The van der Waals surface area contributed by atoms with E-state index in [4.69, 9.17) is 10.5 Å². The summed E-state index contributed by atoms with van der Waals surface area (Å²) < 4.78 is 7.51. The standard InChI is InChI=1S/C24H26N6O4S/c25-21-18-22(28-12-27-21)30(13-29-18)24-20(32)19(31)17(34-24)11-35-9-3-8-26-23(33)16-7-6-14-4-1-2-5-15(14)10-16/h1-2,4-7,10,12-13,17,19-20,24,31-32H,3,8-9,11H2,(H,26,33)(H2,25,27,28)/t17-,19-,20-,24-/m1/s1. The summed E-state index contributed by atoms with van der Waals surface area (Å²) in [7, 11) is 0. The molecule has 0 unspecified atom stereocenters. The maximum atomic E-state index is 12.4. The maximum absolute atomic E-state index is 12.4. The topological polar surface area (TPSA) is 148 Å². The molecule has 1 fully saturated rings. The molecule has 35 heavy (non-hydrogen) atoms. The predicted octanol–water partition coefficient (Wildman–Crippen LogP) is 1.73. The Bertz CT molecular complexity index is 1350. The molecule has 4 atom stereocenters. The molecule has 0 bridgehead atoms. The molecule has 1 amide bonds. The molecule has 0 aliphatic carbocycles. The Morgan fingerprint density at radius 2 is 1.94 bits per heavy atom. The number of carbonyl (C=O) groups excluding carboxylic acids is 1. The summed E-state index contributed by atoms with van der Waals surface area (Å²) in [5, 5.41) is 26.1. The Morgan fingerprint density at radius 3 is 2.80 bits per heavy atom. The second-order valence-corrected chi connectivity index (χ2v) is 9.53. The van der Waals surface area contributed by atoms with Gasteiger partial charge in [0.05, 0.1) is 12.4 Å². The van der Waals surface area contributed by atoms with Crippen molar-refractivity contribution in [1.29, 1.82) is 0 Å².